The minimum absolute atomic E-state index is 0.445. The van der Waals surface area contributed by atoms with Gasteiger partial charge in [0.05, 0.1) is 11.4 Å². The van der Waals surface area contributed by atoms with E-state index in [2.05, 4.69) is 21.9 Å². The van der Waals surface area contributed by atoms with Crippen molar-refractivity contribution in [3.63, 3.8) is 0 Å². The summed E-state index contributed by atoms with van der Waals surface area (Å²) in [6, 6.07) is 12.6. The average molecular weight is 302 g/mol. The van der Waals surface area contributed by atoms with Crippen LogP contribution in [0.25, 0.3) is 11.4 Å². The zero-order valence-corrected chi connectivity index (χ0v) is 12.5. The Morgan fingerprint density at radius 2 is 1.74 bits per heavy atom. The Morgan fingerprint density at radius 3 is 2.30 bits per heavy atom. The van der Waals surface area contributed by atoms with Crippen LogP contribution >= 0.6 is 0 Å². The lowest BCUT2D eigenvalue weighted by Gasteiger charge is -2.00. The summed E-state index contributed by atoms with van der Waals surface area (Å²) >= 11 is 0. The van der Waals surface area contributed by atoms with Crippen LogP contribution in [0.2, 0.25) is 0 Å². The molecule has 23 heavy (non-hydrogen) atoms. The maximum atomic E-state index is 11.0. The van der Waals surface area contributed by atoms with Gasteiger partial charge in [-0.25, -0.2) is 0 Å². The van der Waals surface area contributed by atoms with Gasteiger partial charge in [0, 0.05) is 36.1 Å². The van der Waals surface area contributed by atoms with E-state index >= 15 is 0 Å². The Bertz CT molecular complexity index is 897. The Kier molecular flexibility index (Phi) is 3.89. The molecule has 0 aliphatic carbocycles. The first-order valence-electron chi connectivity index (χ1n) is 7.00. The van der Waals surface area contributed by atoms with Gasteiger partial charge in [-0.05, 0) is 42.5 Å². The first kappa shape index (κ1) is 14.5. The van der Waals surface area contributed by atoms with Crippen molar-refractivity contribution in [3.8, 4) is 23.2 Å². The van der Waals surface area contributed by atoms with Crippen LogP contribution in [-0.4, -0.2) is 20.7 Å². The summed E-state index contributed by atoms with van der Waals surface area (Å²) in [5.74, 6) is 5.63. The highest BCUT2D eigenvalue weighted by molar-refractivity contribution is 5.92. The fraction of sp³-hybridized carbons (Fsp3) is 0.0556. The fourth-order valence-electron chi connectivity index (χ4n) is 2.11. The Labute approximate surface area is 133 Å². The molecular weight excluding hydrogens is 288 g/mol. The van der Waals surface area contributed by atoms with Crippen LogP contribution < -0.4 is 5.73 Å². The normalized spacial score (nSPS) is 9.96. The van der Waals surface area contributed by atoms with E-state index in [0.717, 1.165) is 22.5 Å². The molecule has 3 aromatic rings. The van der Waals surface area contributed by atoms with Crippen molar-refractivity contribution in [3.05, 3.63) is 71.5 Å². The molecule has 0 spiro atoms. The summed E-state index contributed by atoms with van der Waals surface area (Å²) in [4.78, 5) is 15.4. The molecule has 0 atom stereocenters. The Hall–Kier alpha value is -3.39. The van der Waals surface area contributed by atoms with Crippen LogP contribution in [0.4, 0.5) is 0 Å². The van der Waals surface area contributed by atoms with E-state index in [0.29, 0.717) is 5.56 Å². The molecule has 112 valence electrons. The lowest BCUT2D eigenvalue weighted by Crippen LogP contribution is -2.10. The highest BCUT2D eigenvalue weighted by atomic mass is 16.1. The number of carbonyl (C=O) groups is 1. The summed E-state index contributed by atoms with van der Waals surface area (Å²) < 4.78 is 1.77. The Morgan fingerprint density at radius 1 is 1.04 bits per heavy atom. The summed E-state index contributed by atoms with van der Waals surface area (Å²) in [5, 5.41) is 4.13. The highest BCUT2D eigenvalue weighted by Gasteiger charge is 2.03. The number of amides is 1. The molecule has 0 bridgehead atoms. The fourth-order valence-corrected chi connectivity index (χ4v) is 2.11. The molecule has 1 amide bonds. The van der Waals surface area contributed by atoms with Crippen LogP contribution in [-0.2, 0) is 7.05 Å². The van der Waals surface area contributed by atoms with Crippen molar-refractivity contribution >= 4 is 5.91 Å². The number of carbonyl (C=O) groups excluding carboxylic acids is 1. The number of benzene rings is 1. The van der Waals surface area contributed by atoms with Gasteiger partial charge in [0.1, 0.15) is 0 Å². The van der Waals surface area contributed by atoms with Gasteiger partial charge in [0.2, 0.25) is 5.91 Å². The second kappa shape index (κ2) is 6.16. The van der Waals surface area contributed by atoms with Crippen LogP contribution in [0.1, 0.15) is 21.5 Å². The van der Waals surface area contributed by atoms with E-state index < -0.39 is 5.91 Å². The van der Waals surface area contributed by atoms with Crippen molar-refractivity contribution in [1.29, 1.82) is 0 Å². The number of aryl methyl sites for hydroxylation is 1. The quantitative estimate of drug-likeness (QED) is 0.736. The number of nitrogens with zero attached hydrogens (tertiary/aromatic N) is 3. The van der Waals surface area contributed by atoms with Crippen LogP contribution in [0, 0.1) is 11.8 Å². The molecule has 0 fully saturated rings. The molecule has 0 unspecified atom stereocenters. The molecule has 5 nitrogen and oxygen atoms in total. The van der Waals surface area contributed by atoms with Gasteiger partial charge in [-0.3, -0.25) is 14.5 Å². The van der Waals surface area contributed by atoms with E-state index in [1.54, 1.807) is 41.3 Å². The molecular formula is C18H14N4O. The smallest absolute Gasteiger partial charge is 0.248 e. The van der Waals surface area contributed by atoms with E-state index in [9.17, 15) is 4.79 Å². The number of rotatable bonds is 2. The second-order valence-corrected chi connectivity index (χ2v) is 4.96. The van der Waals surface area contributed by atoms with E-state index in [4.69, 9.17) is 5.73 Å². The Balaban J connectivity index is 1.79. The maximum Gasteiger partial charge on any atom is 0.248 e. The lowest BCUT2D eigenvalue weighted by atomic mass is 10.1. The average Bonchev–Trinajstić information content (AvgIpc) is 3.00. The molecule has 0 aliphatic rings. The second-order valence-electron chi connectivity index (χ2n) is 4.96. The third-order valence-electron chi connectivity index (χ3n) is 3.37. The van der Waals surface area contributed by atoms with Crippen LogP contribution in [0.15, 0.2) is 54.9 Å². The molecule has 2 N–H and O–H groups in total. The largest absolute Gasteiger partial charge is 0.366 e. The van der Waals surface area contributed by atoms with Gasteiger partial charge in [-0.15, -0.1) is 0 Å². The van der Waals surface area contributed by atoms with E-state index in [1.165, 1.54) is 0 Å². The molecule has 2 aromatic heterocycles. The predicted molar refractivity (Wildman–Crippen MR) is 87.4 cm³/mol. The molecule has 2 heterocycles. The van der Waals surface area contributed by atoms with Crippen molar-refractivity contribution in [2.45, 2.75) is 0 Å². The number of hydrogen-bond donors (Lipinski definition) is 1. The molecule has 3 rings (SSSR count). The first-order valence-corrected chi connectivity index (χ1v) is 7.00. The minimum atomic E-state index is -0.445. The van der Waals surface area contributed by atoms with E-state index in [-0.39, 0.29) is 0 Å². The van der Waals surface area contributed by atoms with Gasteiger partial charge < -0.3 is 5.73 Å². The maximum absolute atomic E-state index is 11.0. The lowest BCUT2D eigenvalue weighted by molar-refractivity contribution is 0.100. The first-order chi connectivity index (χ1) is 11.1. The van der Waals surface area contributed by atoms with Gasteiger partial charge in [0.15, 0.2) is 0 Å². The number of aromatic nitrogens is 3. The van der Waals surface area contributed by atoms with Crippen molar-refractivity contribution in [2.75, 3.05) is 0 Å². The number of pyridine rings is 1. The third kappa shape index (κ3) is 3.27. The predicted octanol–water partition coefficient (Wildman–Crippen LogP) is 1.98. The van der Waals surface area contributed by atoms with Crippen LogP contribution in [0.3, 0.4) is 0 Å². The summed E-state index contributed by atoms with van der Waals surface area (Å²) in [6.07, 6.45) is 3.47. The number of nitrogens with two attached hydrogens (primary N) is 1. The third-order valence-corrected chi connectivity index (χ3v) is 3.37. The van der Waals surface area contributed by atoms with Gasteiger partial charge in [-0.1, -0.05) is 11.8 Å². The monoisotopic (exact) mass is 302 g/mol. The topological polar surface area (TPSA) is 73.8 Å². The van der Waals surface area contributed by atoms with E-state index in [1.807, 2.05) is 25.2 Å². The number of primary amides is 1. The molecule has 1 aromatic carbocycles. The standard InChI is InChI=1S/C18H14N4O/c1-22-17(10-11-21-22)16-9-6-14(12-20-16)3-2-13-4-7-15(8-5-13)18(19)23/h4-12H,1H3,(H2,19,23). The molecule has 0 radical (unpaired) electrons. The van der Waals surface area contributed by atoms with Crippen molar-refractivity contribution in [1.82, 2.24) is 14.8 Å². The van der Waals surface area contributed by atoms with Crippen molar-refractivity contribution < 1.29 is 4.79 Å². The minimum Gasteiger partial charge on any atom is -0.366 e. The zero-order chi connectivity index (χ0) is 16.2. The molecule has 0 saturated heterocycles. The summed E-state index contributed by atoms with van der Waals surface area (Å²) in [6.45, 7) is 0. The van der Waals surface area contributed by atoms with Gasteiger partial charge >= 0.3 is 0 Å². The molecule has 5 heteroatoms. The summed E-state index contributed by atoms with van der Waals surface area (Å²) in [7, 11) is 1.88. The number of hydrogen-bond acceptors (Lipinski definition) is 3. The van der Waals surface area contributed by atoms with Crippen LogP contribution in [0.5, 0.6) is 0 Å². The van der Waals surface area contributed by atoms with Crippen molar-refractivity contribution in [2.24, 2.45) is 12.8 Å². The zero-order valence-electron chi connectivity index (χ0n) is 12.5. The van der Waals surface area contributed by atoms with Gasteiger partial charge in [0.25, 0.3) is 0 Å². The molecule has 0 aliphatic heterocycles. The summed E-state index contributed by atoms with van der Waals surface area (Å²) in [5.41, 5.74) is 9.10. The SMILES string of the molecule is Cn1nccc1-c1ccc(C#Cc2ccc(C(N)=O)cc2)cn1. The molecule has 0 saturated carbocycles. The highest BCUT2D eigenvalue weighted by Crippen LogP contribution is 2.15. The van der Waals surface area contributed by atoms with Gasteiger partial charge in [-0.2, -0.15) is 5.10 Å².